The molecule has 0 saturated carbocycles. The maximum absolute atomic E-state index is 11.8. The first-order valence-electron chi connectivity index (χ1n) is 5.69. The summed E-state index contributed by atoms with van der Waals surface area (Å²) in [6.45, 7) is 7.88. The molecule has 0 saturated heterocycles. The van der Waals surface area contributed by atoms with Crippen LogP contribution in [0.5, 0.6) is 0 Å². The van der Waals surface area contributed by atoms with Gasteiger partial charge >= 0.3 is 5.97 Å². The lowest BCUT2D eigenvalue weighted by Gasteiger charge is -2.23. The van der Waals surface area contributed by atoms with Crippen molar-refractivity contribution in [2.75, 3.05) is 5.33 Å². The Morgan fingerprint density at radius 2 is 1.93 bits per heavy atom. The molecular weight excluding hydrogens is 256 g/mol. The van der Waals surface area contributed by atoms with E-state index in [0.717, 1.165) is 31.0 Å². The van der Waals surface area contributed by atoms with Crippen molar-refractivity contribution in [1.29, 1.82) is 0 Å². The first-order valence-corrected chi connectivity index (χ1v) is 6.81. The van der Waals surface area contributed by atoms with E-state index in [0.29, 0.717) is 0 Å². The lowest BCUT2D eigenvalue weighted by molar-refractivity contribution is -0.160. The normalized spacial score (nSPS) is 13.7. The second-order valence-corrected chi connectivity index (χ2v) is 5.64. The predicted molar refractivity (Wildman–Crippen MR) is 67.3 cm³/mol. The van der Waals surface area contributed by atoms with E-state index >= 15 is 0 Å². The summed E-state index contributed by atoms with van der Waals surface area (Å²) in [6, 6.07) is 0. The number of hydrogen-bond acceptors (Lipinski definition) is 2. The van der Waals surface area contributed by atoms with Crippen molar-refractivity contribution in [1.82, 2.24) is 0 Å². The second-order valence-electron chi connectivity index (χ2n) is 4.85. The number of unbranched alkanes of at least 4 members (excludes halogenated alkanes) is 1. The average Bonchev–Trinajstić information content (AvgIpc) is 2.09. The molecule has 0 aliphatic rings. The Labute approximate surface area is 102 Å². The monoisotopic (exact) mass is 278 g/mol. The Bertz CT molecular complexity index is 185. The van der Waals surface area contributed by atoms with Crippen LogP contribution >= 0.6 is 15.9 Å². The standard InChI is InChI=1S/C12H23BrO2/c1-5-6-7-10(8-9-13)11(14)15-12(2,3)4/h10H,5-9H2,1-4H3. The number of alkyl halides is 1. The maximum Gasteiger partial charge on any atom is 0.309 e. The molecule has 90 valence electrons. The first kappa shape index (κ1) is 14.9. The number of carbonyl (C=O) groups excluding carboxylic acids is 1. The molecule has 3 heteroatoms. The van der Waals surface area contributed by atoms with Gasteiger partial charge in [0.05, 0.1) is 5.92 Å². The van der Waals surface area contributed by atoms with Crippen molar-refractivity contribution in [2.24, 2.45) is 5.92 Å². The second kappa shape index (κ2) is 7.26. The number of rotatable bonds is 6. The van der Waals surface area contributed by atoms with Gasteiger partial charge in [0.25, 0.3) is 0 Å². The molecule has 0 heterocycles. The Kier molecular flexibility index (Phi) is 7.24. The van der Waals surface area contributed by atoms with Gasteiger partial charge in [-0.15, -0.1) is 0 Å². The Morgan fingerprint density at radius 3 is 2.33 bits per heavy atom. The minimum Gasteiger partial charge on any atom is -0.460 e. The van der Waals surface area contributed by atoms with E-state index in [9.17, 15) is 4.79 Å². The number of halogens is 1. The summed E-state index contributed by atoms with van der Waals surface area (Å²) >= 11 is 3.38. The molecule has 0 N–H and O–H groups in total. The summed E-state index contributed by atoms with van der Waals surface area (Å²) in [4.78, 5) is 11.8. The molecule has 1 atom stereocenters. The fourth-order valence-corrected chi connectivity index (χ4v) is 1.90. The van der Waals surface area contributed by atoms with E-state index in [2.05, 4.69) is 22.9 Å². The minimum atomic E-state index is -0.367. The van der Waals surface area contributed by atoms with Crippen LogP contribution in [0, 0.1) is 5.92 Å². The van der Waals surface area contributed by atoms with Gasteiger partial charge in [-0.25, -0.2) is 0 Å². The van der Waals surface area contributed by atoms with Gasteiger partial charge in [0.2, 0.25) is 0 Å². The van der Waals surface area contributed by atoms with E-state index in [1.807, 2.05) is 20.8 Å². The summed E-state index contributed by atoms with van der Waals surface area (Å²) in [5.41, 5.74) is -0.367. The van der Waals surface area contributed by atoms with Crippen molar-refractivity contribution in [3.05, 3.63) is 0 Å². The SMILES string of the molecule is CCCCC(CCBr)C(=O)OC(C)(C)C. The van der Waals surface area contributed by atoms with Gasteiger partial charge in [-0.2, -0.15) is 0 Å². The van der Waals surface area contributed by atoms with Crippen molar-refractivity contribution >= 4 is 21.9 Å². The number of ether oxygens (including phenoxy) is 1. The van der Waals surface area contributed by atoms with Gasteiger partial charge in [-0.05, 0) is 33.6 Å². The van der Waals surface area contributed by atoms with Gasteiger partial charge < -0.3 is 4.74 Å². The predicted octanol–water partition coefficient (Wildman–Crippen LogP) is 3.92. The van der Waals surface area contributed by atoms with E-state index in [4.69, 9.17) is 4.74 Å². The highest BCUT2D eigenvalue weighted by atomic mass is 79.9. The summed E-state index contributed by atoms with van der Waals surface area (Å²) < 4.78 is 5.39. The summed E-state index contributed by atoms with van der Waals surface area (Å²) in [5.74, 6) is 0.0129. The van der Waals surface area contributed by atoms with Crippen molar-refractivity contribution < 1.29 is 9.53 Å². The highest BCUT2D eigenvalue weighted by molar-refractivity contribution is 9.09. The molecule has 0 spiro atoms. The topological polar surface area (TPSA) is 26.3 Å². The van der Waals surface area contributed by atoms with Crippen molar-refractivity contribution in [3.8, 4) is 0 Å². The van der Waals surface area contributed by atoms with E-state index in [-0.39, 0.29) is 17.5 Å². The van der Waals surface area contributed by atoms with Crippen LogP contribution in [0.15, 0.2) is 0 Å². The molecule has 1 unspecified atom stereocenters. The fourth-order valence-electron chi connectivity index (χ4n) is 1.35. The smallest absolute Gasteiger partial charge is 0.309 e. The number of esters is 1. The van der Waals surface area contributed by atoms with E-state index < -0.39 is 0 Å². The van der Waals surface area contributed by atoms with Gasteiger partial charge in [0.15, 0.2) is 0 Å². The molecule has 2 nitrogen and oxygen atoms in total. The lowest BCUT2D eigenvalue weighted by Crippen LogP contribution is -2.29. The quantitative estimate of drug-likeness (QED) is 0.544. The largest absolute Gasteiger partial charge is 0.460 e. The zero-order valence-corrected chi connectivity index (χ0v) is 11.9. The van der Waals surface area contributed by atoms with Crippen LogP contribution in [0.3, 0.4) is 0 Å². The molecular formula is C12H23BrO2. The summed E-state index contributed by atoms with van der Waals surface area (Å²) in [7, 11) is 0. The molecule has 0 rings (SSSR count). The molecule has 0 aliphatic heterocycles. The molecule has 0 aromatic heterocycles. The molecule has 15 heavy (non-hydrogen) atoms. The van der Waals surface area contributed by atoms with Gasteiger partial charge in [0, 0.05) is 5.33 Å². The Hall–Kier alpha value is -0.0500. The fraction of sp³-hybridized carbons (Fsp3) is 0.917. The molecule has 0 aromatic carbocycles. The first-order chi connectivity index (χ1) is 6.90. The van der Waals surface area contributed by atoms with Crippen molar-refractivity contribution in [3.63, 3.8) is 0 Å². The zero-order chi connectivity index (χ0) is 11.9. The van der Waals surface area contributed by atoms with Crippen molar-refractivity contribution in [2.45, 2.75) is 59.0 Å². The van der Waals surface area contributed by atoms with Crippen LogP contribution in [0.25, 0.3) is 0 Å². The molecule has 0 fully saturated rings. The minimum absolute atomic E-state index is 0.0459. The number of carbonyl (C=O) groups is 1. The molecule has 0 aromatic rings. The van der Waals surface area contributed by atoms with Gasteiger partial charge in [-0.1, -0.05) is 35.7 Å². The Morgan fingerprint density at radius 1 is 1.33 bits per heavy atom. The summed E-state index contributed by atoms with van der Waals surface area (Å²) in [6.07, 6.45) is 4.03. The van der Waals surface area contributed by atoms with Crippen LogP contribution in [0.1, 0.15) is 53.4 Å². The van der Waals surface area contributed by atoms with Crippen LogP contribution in [-0.4, -0.2) is 16.9 Å². The van der Waals surface area contributed by atoms with Crippen LogP contribution < -0.4 is 0 Å². The van der Waals surface area contributed by atoms with Crippen LogP contribution in [0.2, 0.25) is 0 Å². The summed E-state index contributed by atoms with van der Waals surface area (Å²) in [5, 5.41) is 0.862. The third-order valence-electron chi connectivity index (χ3n) is 2.10. The highest BCUT2D eigenvalue weighted by Gasteiger charge is 2.23. The maximum atomic E-state index is 11.8. The third kappa shape index (κ3) is 7.83. The number of hydrogen-bond donors (Lipinski definition) is 0. The highest BCUT2D eigenvalue weighted by Crippen LogP contribution is 2.19. The lowest BCUT2D eigenvalue weighted by atomic mass is 9.99. The molecule has 0 aliphatic carbocycles. The third-order valence-corrected chi connectivity index (χ3v) is 2.56. The zero-order valence-electron chi connectivity index (χ0n) is 10.3. The van der Waals surface area contributed by atoms with Gasteiger partial charge in [0.1, 0.15) is 5.60 Å². The average molecular weight is 279 g/mol. The molecule has 0 amide bonds. The van der Waals surface area contributed by atoms with Crippen LogP contribution in [-0.2, 0) is 9.53 Å². The molecule has 0 radical (unpaired) electrons. The van der Waals surface area contributed by atoms with Gasteiger partial charge in [-0.3, -0.25) is 4.79 Å². The van der Waals surface area contributed by atoms with Crippen LogP contribution in [0.4, 0.5) is 0 Å². The Balaban J connectivity index is 4.15. The molecule has 0 bridgehead atoms. The van der Waals surface area contributed by atoms with E-state index in [1.165, 1.54) is 0 Å². The van der Waals surface area contributed by atoms with E-state index in [1.54, 1.807) is 0 Å².